The van der Waals surface area contributed by atoms with Gasteiger partial charge in [0.25, 0.3) is 0 Å². The zero-order chi connectivity index (χ0) is 15.2. The predicted molar refractivity (Wildman–Crippen MR) is 93.0 cm³/mol. The number of thiazole rings is 1. The van der Waals surface area contributed by atoms with E-state index in [0.717, 1.165) is 31.3 Å². The Morgan fingerprint density at radius 1 is 1.29 bits per heavy atom. The third-order valence-electron chi connectivity index (χ3n) is 4.68. The zero-order valence-electron chi connectivity index (χ0n) is 14.2. The van der Waals surface area contributed by atoms with E-state index in [1.165, 1.54) is 47.7 Å². The molecule has 1 saturated carbocycles. The van der Waals surface area contributed by atoms with Crippen LogP contribution in [0.2, 0.25) is 0 Å². The van der Waals surface area contributed by atoms with Crippen LogP contribution in [0.15, 0.2) is 0 Å². The molecule has 0 bridgehead atoms. The van der Waals surface area contributed by atoms with E-state index in [9.17, 15) is 0 Å². The first-order valence-electron chi connectivity index (χ1n) is 8.83. The summed E-state index contributed by atoms with van der Waals surface area (Å²) in [5.41, 5.74) is 1.34. The number of rotatable bonds is 7. The Kier molecular flexibility index (Phi) is 6.69. The van der Waals surface area contributed by atoms with Gasteiger partial charge in [-0.3, -0.25) is 0 Å². The van der Waals surface area contributed by atoms with E-state index < -0.39 is 0 Å². The molecule has 1 aliphatic carbocycles. The summed E-state index contributed by atoms with van der Waals surface area (Å²) in [5.74, 6) is 2.38. The van der Waals surface area contributed by atoms with Crippen LogP contribution in [0.1, 0.15) is 81.3 Å². The van der Waals surface area contributed by atoms with Crippen LogP contribution in [0, 0.1) is 11.8 Å². The normalized spacial score (nSPS) is 22.9. The Morgan fingerprint density at radius 2 is 2.10 bits per heavy atom. The lowest BCUT2D eigenvalue weighted by Crippen LogP contribution is -2.18. The fourth-order valence-electron chi connectivity index (χ4n) is 3.35. The van der Waals surface area contributed by atoms with Crippen molar-refractivity contribution in [2.75, 3.05) is 6.54 Å². The van der Waals surface area contributed by atoms with Gasteiger partial charge in [0.15, 0.2) is 0 Å². The van der Waals surface area contributed by atoms with Crippen molar-refractivity contribution in [1.82, 2.24) is 10.3 Å². The summed E-state index contributed by atoms with van der Waals surface area (Å²) >= 11 is 1.98. The van der Waals surface area contributed by atoms with Crippen molar-refractivity contribution in [3.63, 3.8) is 0 Å². The van der Waals surface area contributed by atoms with E-state index in [0.29, 0.717) is 5.92 Å². The molecule has 0 aliphatic heterocycles. The van der Waals surface area contributed by atoms with Gasteiger partial charge in [-0.15, -0.1) is 11.3 Å². The standard InChI is InChI=1S/C18H32N2S/c1-5-14-8-7-9-15(10-14)18-20-16(6-2)17(21-18)12-19-11-13(3)4/h13-15,19H,5-12H2,1-4H3. The first-order chi connectivity index (χ1) is 10.1. The second-order valence-corrected chi connectivity index (χ2v) is 8.05. The number of hydrogen-bond acceptors (Lipinski definition) is 3. The minimum atomic E-state index is 0.714. The van der Waals surface area contributed by atoms with Gasteiger partial charge in [-0.2, -0.15) is 0 Å². The molecule has 0 amide bonds. The van der Waals surface area contributed by atoms with Gasteiger partial charge in [-0.05, 0) is 37.6 Å². The first-order valence-corrected chi connectivity index (χ1v) is 9.64. The third kappa shape index (κ3) is 4.79. The van der Waals surface area contributed by atoms with Gasteiger partial charge < -0.3 is 5.32 Å². The maximum absolute atomic E-state index is 5.00. The lowest BCUT2D eigenvalue weighted by atomic mass is 9.80. The van der Waals surface area contributed by atoms with E-state index in [1.54, 1.807) is 0 Å². The molecule has 3 heteroatoms. The van der Waals surface area contributed by atoms with Crippen LogP contribution in [-0.4, -0.2) is 11.5 Å². The van der Waals surface area contributed by atoms with Crippen molar-refractivity contribution >= 4 is 11.3 Å². The Hall–Kier alpha value is -0.410. The minimum Gasteiger partial charge on any atom is -0.312 e. The highest BCUT2D eigenvalue weighted by Gasteiger charge is 2.25. The Bertz CT molecular complexity index is 425. The molecule has 1 aliphatic rings. The average Bonchev–Trinajstić information content (AvgIpc) is 2.90. The Morgan fingerprint density at radius 3 is 2.76 bits per heavy atom. The molecule has 0 radical (unpaired) electrons. The molecule has 120 valence electrons. The monoisotopic (exact) mass is 308 g/mol. The van der Waals surface area contributed by atoms with Gasteiger partial charge in [0.2, 0.25) is 0 Å². The molecule has 0 spiro atoms. The molecular formula is C18H32N2S. The first kappa shape index (κ1) is 17.0. The van der Waals surface area contributed by atoms with Gasteiger partial charge in [-0.1, -0.05) is 47.0 Å². The second kappa shape index (κ2) is 8.28. The van der Waals surface area contributed by atoms with Gasteiger partial charge in [0.1, 0.15) is 0 Å². The molecule has 1 aromatic rings. The topological polar surface area (TPSA) is 24.9 Å². The van der Waals surface area contributed by atoms with Crippen molar-refractivity contribution in [2.45, 2.75) is 78.7 Å². The number of aromatic nitrogens is 1. The molecule has 1 heterocycles. The average molecular weight is 309 g/mol. The highest BCUT2D eigenvalue weighted by molar-refractivity contribution is 7.11. The lowest BCUT2D eigenvalue weighted by molar-refractivity contribution is 0.314. The predicted octanol–water partition coefficient (Wildman–Crippen LogP) is 5.13. The summed E-state index contributed by atoms with van der Waals surface area (Å²) < 4.78 is 0. The molecule has 1 fully saturated rings. The maximum Gasteiger partial charge on any atom is 0.0962 e. The summed E-state index contributed by atoms with van der Waals surface area (Å²) in [4.78, 5) is 6.48. The van der Waals surface area contributed by atoms with Crippen molar-refractivity contribution in [3.05, 3.63) is 15.6 Å². The molecule has 2 atom stereocenters. The molecular weight excluding hydrogens is 276 g/mol. The Labute approximate surface area is 134 Å². The van der Waals surface area contributed by atoms with Gasteiger partial charge in [0.05, 0.1) is 10.7 Å². The van der Waals surface area contributed by atoms with E-state index in [2.05, 4.69) is 33.0 Å². The molecule has 21 heavy (non-hydrogen) atoms. The summed E-state index contributed by atoms with van der Waals surface area (Å²) in [6, 6.07) is 0. The van der Waals surface area contributed by atoms with Crippen LogP contribution in [0.4, 0.5) is 0 Å². The summed E-state index contributed by atoms with van der Waals surface area (Å²) in [7, 11) is 0. The van der Waals surface area contributed by atoms with Crippen LogP contribution in [-0.2, 0) is 13.0 Å². The molecule has 1 aromatic heterocycles. The summed E-state index contributed by atoms with van der Waals surface area (Å²) in [5, 5.41) is 5.01. The number of aryl methyl sites for hydroxylation is 1. The van der Waals surface area contributed by atoms with Crippen LogP contribution in [0.5, 0.6) is 0 Å². The van der Waals surface area contributed by atoms with Crippen LogP contribution >= 0.6 is 11.3 Å². The third-order valence-corrected chi connectivity index (χ3v) is 5.94. The lowest BCUT2D eigenvalue weighted by Gasteiger charge is -2.26. The maximum atomic E-state index is 5.00. The van der Waals surface area contributed by atoms with Crippen molar-refractivity contribution < 1.29 is 0 Å². The Balaban J connectivity index is 2.01. The van der Waals surface area contributed by atoms with Crippen LogP contribution in [0.3, 0.4) is 0 Å². The molecule has 0 aromatic carbocycles. The fourth-order valence-corrected chi connectivity index (χ4v) is 4.62. The van der Waals surface area contributed by atoms with Crippen molar-refractivity contribution in [2.24, 2.45) is 11.8 Å². The van der Waals surface area contributed by atoms with E-state index in [-0.39, 0.29) is 0 Å². The molecule has 2 nitrogen and oxygen atoms in total. The smallest absolute Gasteiger partial charge is 0.0962 e. The van der Waals surface area contributed by atoms with Crippen molar-refractivity contribution in [3.8, 4) is 0 Å². The highest BCUT2D eigenvalue weighted by Crippen LogP contribution is 2.39. The molecule has 0 saturated heterocycles. The van der Waals surface area contributed by atoms with Crippen LogP contribution < -0.4 is 5.32 Å². The van der Waals surface area contributed by atoms with Crippen LogP contribution in [0.25, 0.3) is 0 Å². The van der Waals surface area contributed by atoms with E-state index in [1.807, 2.05) is 11.3 Å². The fraction of sp³-hybridized carbons (Fsp3) is 0.833. The van der Waals surface area contributed by atoms with E-state index >= 15 is 0 Å². The van der Waals surface area contributed by atoms with Gasteiger partial charge in [-0.25, -0.2) is 4.98 Å². The summed E-state index contributed by atoms with van der Waals surface area (Å²) in [6.07, 6.45) is 7.95. The number of nitrogens with one attached hydrogen (secondary N) is 1. The molecule has 2 rings (SSSR count). The molecule has 1 N–H and O–H groups in total. The number of nitrogens with zero attached hydrogens (tertiary/aromatic N) is 1. The van der Waals surface area contributed by atoms with Crippen molar-refractivity contribution in [1.29, 1.82) is 0 Å². The van der Waals surface area contributed by atoms with Gasteiger partial charge in [0, 0.05) is 17.3 Å². The highest BCUT2D eigenvalue weighted by atomic mass is 32.1. The molecule has 2 unspecified atom stereocenters. The van der Waals surface area contributed by atoms with E-state index in [4.69, 9.17) is 4.98 Å². The zero-order valence-corrected chi connectivity index (χ0v) is 15.1. The quantitative estimate of drug-likeness (QED) is 0.755. The minimum absolute atomic E-state index is 0.714. The van der Waals surface area contributed by atoms with Gasteiger partial charge >= 0.3 is 0 Å². The SMILES string of the molecule is CCc1nc(C2CCCC(CC)C2)sc1CNCC(C)C. The second-order valence-electron chi connectivity index (χ2n) is 6.94. The largest absolute Gasteiger partial charge is 0.312 e. The number of hydrogen-bond donors (Lipinski definition) is 1. The summed E-state index contributed by atoms with van der Waals surface area (Å²) in [6.45, 7) is 11.2.